The van der Waals surface area contributed by atoms with E-state index in [-0.39, 0.29) is 16.1 Å². The zero-order chi connectivity index (χ0) is 16.8. The van der Waals surface area contributed by atoms with Gasteiger partial charge in [-0.2, -0.15) is 14.8 Å². The molecule has 3 rings (SSSR count). The third-order valence-electron chi connectivity index (χ3n) is 4.37. The summed E-state index contributed by atoms with van der Waals surface area (Å²) in [7, 11) is -4.15. The summed E-state index contributed by atoms with van der Waals surface area (Å²) in [5.41, 5.74) is -1.04. The van der Waals surface area contributed by atoms with Gasteiger partial charge in [-0.15, -0.1) is 0 Å². The highest BCUT2D eigenvalue weighted by Crippen LogP contribution is 2.47. The Morgan fingerprint density at radius 1 is 1.30 bits per heavy atom. The second kappa shape index (κ2) is 5.55. The maximum atomic E-state index is 14.3. The fourth-order valence-corrected chi connectivity index (χ4v) is 5.55. The van der Waals surface area contributed by atoms with Gasteiger partial charge in [-0.05, 0) is 60.2 Å². The largest absolute Gasteiger partial charge is 0.247 e. The highest BCUT2D eigenvalue weighted by molar-refractivity contribution is 9.10. The molecule has 0 N–H and O–H groups in total. The van der Waals surface area contributed by atoms with Gasteiger partial charge in [0.15, 0.2) is 0 Å². The summed E-state index contributed by atoms with van der Waals surface area (Å²) < 4.78 is 41.8. The lowest BCUT2D eigenvalue weighted by atomic mass is 9.78. The molecule has 0 heterocycles. The van der Waals surface area contributed by atoms with Gasteiger partial charge >= 0.3 is 0 Å². The normalized spacial score (nSPS) is 19.7. The summed E-state index contributed by atoms with van der Waals surface area (Å²) in [5, 5.41) is 18.4. The zero-order valence-corrected chi connectivity index (χ0v) is 14.5. The predicted octanol–water partition coefficient (Wildman–Crippen LogP) is 3.06. The standard InChI is InChI=1S/C15H13BrFN3O2S/c16-12-7-14(13(17)6-10(12)8-18)23(21,22)20(11-2-3-11)15(9-19)4-1-5-15/h6-7,11H,1-5H2. The summed E-state index contributed by atoms with van der Waals surface area (Å²) in [5.74, 6) is -0.970. The van der Waals surface area contributed by atoms with Crippen molar-refractivity contribution in [3.05, 3.63) is 28.0 Å². The van der Waals surface area contributed by atoms with Crippen molar-refractivity contribution >= 4 is 26.0 Å². The minimum Gasteiger partial charge on any atom is -0.207 e. The van der Waals surface area contributed by atoms with Crippen LogP contribution < -0.4 is 0 Å². The number of nitriles is 2. The molecule has 0 radical (unpaired) electrons. The molecule has 120 valence electrons. The van der Waals surface area contributed by atoms with Crippen LogP contribution in [-0.2, 0) is 10.0 Å². The predicted molar refractivity (Wildman–Crippen MR) is 83.1 cm³/mol. The van der Waals surface area contributed by atoms with Crippen molar-refractivity contribution in [2.24, 2.45) is 0 Å². The number of hydrogen-bond donors (Lipinski definition) is 0. The molecule has 2 saturated carbocycles. The molecule has 0 saturated heterocycles. The third-order valence-corrected chi connectivity index (χ3v) is 7.06. The third kappa shape index (κ3) is 2.55. The molecule has 5 nitrogen and oxygen atoms in total. The number of rotatable bonds is 4. The van der Waals surface area contributed by atoms with Gasteiger partial charge in [-0.3, -0.25) is 0 Å². The molecule has 0 bridgehead atoms. The highest BCUT2D eigenvalue weighted by Gasteiger charge is 2.55. The quantitative estimate of drug-likeness (QED) is 0.780. The molecule has 0 amide bonds. The van der Waals surface area contributed by atoms with E-state index in [0.29, 0.717) is 25.7 Å². The number of benzene rings is 1. The van der Waals surface area contributed by atoms with Gasteiger partial charge in [0.2, 0.25) is 10.0 Å². The lowest BCUT2D eigenvalue weighted by Crippen LogP contribution is -2.56. The minimum atomic E-state index is -4.15. The van der Waals surface area contributed by atoms with Crippen molar-refractivity contribution < 1.29 is 12.8 Å². The highest BCUT2D eigenvalue weighted by atomic mass is 79.9. The van der Waals surface area contributed by atoms with E-state index in [9.17, 15) is 18.1 Å². The Kier molecular flexibility index (Phi) is 3.96. The fourth-order valence-electron chi connectivity index (χ4n) is 2.90. The smallest absolute Gasteiger partial charge is 0.207 e. The van der Waals surface area contributed by atoms with E-state index in [1.54, 1.807) is 6.07 Å². The molecule has 2 aliphatic carbocycles. The van der Waals surface area contributed by atoms with Crippen molar-refractivity contribution in [1.82, 2.24) is 4.31 Å². The van der Waals surface area contributed by atoms with Gasteiger partial charge < -0.3 is 0 Å². The first-order valence-corrected chi connectivity index (χ1v) is 9.44. The van der Waals surface area contributed by atoms with Crippen LogP contribution in [-0.4, -0.2) is 24.3 Å². The van der Waals surface area contributed by atoms with Crippen molar-refractivity contribution in [1.29, 1.82) is 10.5 Å². The molecule has 1 aromatic carbocycles. The maximum Gasteiger partial charge on any atom is 0.247 e. The first-order chi connectivity index (χ1) is 10.9. The van der Waals surface area contributed by atoms with Crippen LogP contribution in [0.2, 0.25) is 0 Å². The van der Waals surface area contributed by atoms with Crippen LogP contribution >= 0.6 is 15.9 Å². The Morgan fingerprint density at radius 3 is 2.39 bits per heavy atom. The molecule has 2 fully saturated rings. The molecular weight excluding hydrogens is 385 g/mol. The zero-order valence-electron chi connectivity index (χ0n) is 12.1. The number of sulfonamides is 1. The van der Waals surface area contributed by atoms with Gasteiger partial charge in [0.1, 0.15) is 22.3 Å². The van der Waals surface area contributed by atoms with Crippen LogP contribution in [0.3, 0.4) is 0 Å². The van der Waals surface area contributed by atoms with Gasteiger partial charge in [-0.1, -0.05) is 0 Å². The summed E-state index contributed by atoms with van der Waals surface area (Å²) in [6.07, 6.45) is 3.09. The summed E-state index contributed by atoms with van der Waals surface area (Å²) in [6, 6.07) is 5.70. The molecule has 23 heavy (non-hydrogen) atoms. The van der Waals surface area contributed by atoms with Gasteiger partial charge in [-0.25, -0.2) is 12.8 Å². The average molecular weight is 398 g/mol. The van der Waals surface area contributed by atoms with E-state index in [1.165, 1.54) is 4.31 Å². The number of halogens is 2. The first kappa shape index (κ1) is 16.4. The molecule has 8 heteroatoms. The maximum absolute atomic E-state index is 14.3. The Balaban J connectivity index is 2.12. The van der Waals surface area contributed by atoms with E-state index in [4.69, 9.17) is 5.26 Å². The number of hydrogen-bond acceptors (Lipinski definition) is 4. The molecule has 0 unspecified atom stereocenters. The summed E-state index contributed by atoms with van der Waals surface area (Å²) >= 11 is 3.10. The van der Waals surface area contributed by atoms with Crippen LogP contribution in [0.5, 0.6) is 0 Å². The van der Waals surface area contributed by atoms with Gasteiger partial charge in [0.25, 0.3) is 0 Å². The lowest BCUT2D eigenvalue weighted by Gasteiger charge is -2.44. The fraction of sp³-hybridized carbons (Fsp3) is 0.467. The second-order valence-electron chi connectivity index (χ2n) is 5.90. The molecule has 2 aliphatic rings. The van der Waals surface area contributed by atoms with Crippen LogP contribution in [0.15, 0.2) is 21.5 Å². The monoisotopic (exact) mass is 397 g/mol. The average Bonchev–Trinajstić information content (AvgIpc) is 3.28. The Bertz CT molecular complexity index is 849. The summed E-state index contributed by atoms with van der Waals surface area (Å²) in [4.78, 5) is -0.489. The molecule has 0 atom stereocenters. The Hall–Kier alpha value is -1.48. The van der Waals surface area contributed by atoms with Crippen molar-refractivity contribution in [2.75, 3.05) is 0 Å². The van der Waals surface area contributed by atoms with E-state index in [0.717, 1.165) is 18.6 Å². The van der Waals surface area contributed by atoms with Crippen molar-refractivity contribution in [3.8, 4) is 12.1 Å². The van der Waals surface area contributed by atoms with Crippen LogP contribution in [0.25, 0.3) is 0 Å². The minimum absolute atomic E-state index is 0.0260. The summed E-state index contributed by atoms with van der Waals surface area (Å²) in [6.45, 7) is 0. The van der Waals surface area contributed by atoms with Gasteiger partial charge in [0.05, 0.1) is 11.6 Å². The van der Waals surface area contributed by atoms with E-state index in [1.807, 2.05) is 0 Å². The van der Waals surface area contributed by atoms with Crippen molar-refractivity contribution in [2.45, 2.75) is 48.6 Å². The van der Waals surface area contributed by atoms with E-state index < -0.39 is 26.3 Å². The molecule has 0 aliphatic heterocycles. The Labute approximate surface area is 142 Å². The molecule has 0 aromatic heterocycles. The van der Waals surface area contributed by atoms with Crippen LogP contribution in [0, 0.1) is 28.5 Å². The topological polar surface area (TPSA) is 85.0 Å². The first-order valence-electron chi connectivity index (χ1n) is 7.21. The van der Waals surface area contributed by atoms with E-state index >= 15 is 0 Å². The molecular formula is C15H13BrFN3O2S. The lowest BCUT2D eigenvalue weighted by molar-refractivity contribution is 0.140. The van der Waals surface area contributed by atoms with Gasteiger partial charge in [0, 0.05) is 10.5 Å². The molecule has 1 aromatic rings. The number of nitrogens with zero attached hydrogens (tertiary/aromatic N) is 3. The van der Waals surface area contributed by atoms with Crippen LogP contribution in [0.4, 0.5) is 4.39 Å². The second-order valence-corrected chi connectivity index (χ2v) is 8.54. The Morgan fingerprint density at radius 2 is 1.96 bits per heavy atom. The molecule has 0 spiro atoms. The van der Waals surface area contributed by atoms with Crippen LogP contribution in [0.1, 0.15) is 37.7 Å². The SMILES string of the molecule is N#Cc1cc(F)c(S(=O)(=O)N(C2CC2)C2(C#N)CCC2)cc1Br. The van der Waals surface area contributed by atoms with Crippen molar-refractivity contribution in [3.63, 3.8) is 0 Å². The van der Waals surface area contributed by atoms with E-state index in [2.05, 4.69) is 22.0 Å².